The Morgan fingerprint density at radius 1 is 0.804 bits per heavy atom. The van der Waals surface area contributed by atoms with Gasteiger partial charge in [-0.2, -0.15) is 26.3 Å². The molecule has 56 heavy (non-hydrogen) atoms. The van der Waals surface area contributed by atoms with Crippen molar-refractivity contribution in [3.05, 3.63) is 59.7 Å². The molecule has 0 saturated heterocycles. The Balaban J connectivity index is 1.13. The minimum Gasteiger partial charge on any atom is -0.480 e. The van der Waals surface area contributed by atoms with E-state index in [1.807, 2.05) is 27.7 Å². The summed E-state index contributed by atoms with van der Waals surface area (Å²) in [6.07, 6.45) is -13.6. The highest BCUT2D eigenvalue weighted by molar-refractivity contribution is 5.99. The summed E-state index contributed by atoms with van der Waals surface area (Å²) >= 11 is 0. The Bertz CT molecular complexity index is 1770. The Hall–Kier alpha value is -4.50. The maximum Gasteiger partial charge on any atom is 0.425 e. The molecule has 0 spiro atoms. The van der Waals surface area contributed by atoms with Crippen molar-refractivity contribution in [3.8, 4) is 11.5 Å². The number of benzene rings is 2. The Kier molecular flexibility index (Phi) is 10.3. The number of fused-ring (bicyclic) bond motifs is 2. The molecule has 10 nitrogen and oxygen atoms in total. The van der Waals surface area contributed by atoms with Crippen LogP contribution in [0, 0.1) is 47.3 Å². The summed E-state index contributed by atoms with van der Waals surface area (Å²) in [4.78, 5) is 46.4. The van der Waals surface area contributed by atoms with E-state index in [4.69, 9.17) is 20.2 Å². The number of nitrogens with two attached hydrogens (primary N) is 1. The summed E-state index contributed by atoms with van der Waals surface area (Å²) in [5.74, 6) is -4.19. The number of carbonyl (C=O) groups excluding carboxylic acids is 3. The third-order valence-corrected chi connectivity index (χ3v) is 13.0. The molecule has 2 fully saturated rings. The second kappa shape index (κ2) is 14.5. The monoisotopic (exact) mass is 791 g/mol. The molecule has 0 radical (unpaired) electrons. The van der Waals surface area contributed by atoms with E-state index in [1.54, 1.807) is 36.4 Å². The van der Waals surface area contributed by atoms with Gasteiger partial charge in [-0.25, -0.2) is 4.99 Å². The minimum absolute atomic E-state index is 0.0549. The largest absolute Gasteiger partial charge is 0.480 e. The van der Waals surface area contributed by atoms with Crippen molar-refractivity contribution in [3.63, 3.8) is 0 Å². The number of halogens is 6. The van der Waals surface area contributed by atoms with Crippen molar-refractivity contribution in [2.75, 3.05) is 0 Å². The number of carbonyl (C=O) groups is 3. The van der Waals surface area contributed by atoms with Crippen LogP contribution in [0.4, 0.5) is 26.3 Å². The number of amides is 3. The highest BCUT2D eigenvalue weighted by Gasteiger charge is 2.67. The smallest absolute Gasteiger partial charge is 0.425 e. The van der Waals surface area contributed by atoms with Crippen LogP contribution < -0.4 is 31.2 Å². The molecule has 2 aliphatic carbocycles. The molecule has 12 atom stereocenters. The maximum atomic E-state index is 14.0. The van der Waals surface area contributed by atoms with Crippen LogP contribution in [0.25, 0.3) is 0 Å². The zero-order valence-electron chi connectivity index (χ0n) is 31.4. The van der Waals surface area contributed by atoms with Gasteiger partial charge >= 0.3 is 12.4 Å². The van der Waals surface area contributed by atoms with Gasteiger partial charge in [0.05, 0.1) is 24.0 Å². The second-order valence-corrected chi connectivity index (χ2v) is 16.1. The normalized spacial score (nSPS) is 34.5. The van der Waals surface area contributed by atoms with E-state index in [2.05, 4.69) is 16.0 Å². The lowest BCUT2D eigenvalue weighted by atomic mass is 9.64. The van der Waals surface area contributed by atoms with E-state index in [1.165, 1.54) is 12.1 Å². The summed E-state index contributed by atoms with van der Waals surface area (Å²) < 4.78 is 93.7. The molecule has 5 N–H and O–H groups in total. The zero-order chi connectivity index (χ0) is 40.5. The van der Waals surface area contributed by atoms with E-state index in [0.717, 1.165) is 0 Å². The summed E-state index contributed by atoms with van der Waals surface area (Å²) in [6.45, 7) is 7.66. The van der Waals surface area contributed by atoms with Crippen LogP contribution in [0.5, 0.6) is 11.5 Å². The van der Waals surface area contributed by atoms with Crippen LogP contribution in [-0.4, -0.2) is 53.8 Å². The first-order valence-electron chi connectivity index (χ1n) is 19.3. The molecule has 0 bridgehead atoms. The van der Waals surface area contributed by atoms with E-state index < -0.39 is 78.7 Å². The van der Waals surface area contributed by atoms with Gasteiger partial charge in [0, 0.05) is 35.8 Å². The first-order chi connectivity index (χ1) is 26.4. The van der Waals surface area contributed by atoms with Gasteiger partial charge in [0.15, 0.2) is 18.2 Å². The number of rotatable bonds is 10. The molecule has 5 aliphatic rings. The van der Waals surface area contributed by atoms with Crippen LogP contribution >= 0.6 is 0 Å². The summed E-state index contributed by atoms with van der Waals surface area (Å²) in [5, 5.41) is 8.36. The molecule has 7 rings (SSSR count). The van der Waals surface area contributed by atoms with Gasteiger partial charge in [0.1, 0.15) is 11.5 Å². The van der Waals surface area contributed by atoms with Gasteiger partial charge in [-0.15, -0.1) is 0 Å². The van der Waals surface area contributed by atoms with E-state index in [-0.39, 0.29) is 65.3 Å². The molecule has 8 unspecified atom stereocenters. The van der Waals surface area contributed by atoms with Crippen molar-refractivity contribution in [2.24, 2.45) is 58.1 Å². The van der Waals surface area contributed by atoms with Crippen LogP contribution in [0.3, 0.4) is 0 Å². The van der Waals surface area contributed by atoms with E-state index in [0.29, 0.717) is 24.0 Å². The van der Waals surface area contributed by atoms with Crippen molar-refractivity contribution >= 4 is 23.7 Å². The Morgan fingerprint density at radius 2 is 1.21 bits per heavy atom. The number of para-hydroxylation sites is 2. The number of aliphatic imine (C=N–C) groups is 1. The lowest BCUT2D eigenvalue weighted by Gasteiger charge is -2.46. The fourth-order valence-electron chi connectivity index (χ4n) is 10.5. The molecule has 2 aromatic carbocycles. The summed E-state index contributed by atoms with van der Waals surface area (Å²) in [6, 6.07) is 10.7. The van der Waals surface area contributed by atoms with E-state index >= 15 is 0 Å². The zero-order valence-corrected chi connectivity index (χ0v) is 31.4. The fourth-order valence-corrected chi connectivity index (χ4v) is 10.5. The molecule has 2 aromatic rings. The Morgan fingerprint density at radius 3 is 1.59 bits per heavy atom. The number of nitrogens with zero attached hydrogens (tertiary/aromatic N) is 1. The van der Waals surface area contributed by atoms with Gasteiger partial charge in [0.25, 0.3) is 0 Å². The van der Waals surface area contributed by atoms with Gasteiger partial charge in [-0.05, 0) is 47.6 Å². The molecule has 3 amide bonds. The first-order valence-corrected chi connectivity index (χ1v) is 19.3. The van der Waals surface area contributed by atoms with Crippen molar-refractivity contribution < 1.29 is 50.2 Å². The van der Waals surface area contributed by atoms with Crippen molar-refractivity contribution in [2.45, 2.75) is 102 Å². The molecule has 0 aromatic heterocycles. The third-order valence-electron chi connectivity index (χ3n) is 13.0. The predicted octanol–water partition coefficient (Wildman–Crippen LogP) is 6.52. The minimum atomic E-state index is -4.64. The quantitative estimate of drug-likeness (QED) is 0.202. The van der Waals surface area contributed by atoms with Gasteiger partial charge < -0.3 is 25.8 Å². The highest BCUT2D eigenvalue weighted by atomic mass is 19.4. The molecule has 2 saturated carbocycles. The van der Waals surface area contributed by atoms with Crippen LogP contribution in [0.2, 0.25) is 0 Å². The van der Waals surface area contributed by atoms with E-state index in [9.17, 15) is 40.7 Å². The number of hydrogen-bond acceptors (Lipinski definition) is 7. The summed E-state index contributed by atoms with van der Waals surface area (Å²) in [7, 11) is 0. The molecular formula is C40H47F6N5O5. The fraction of sp³-hybridized carbons (Fsp3) is 0.600. The molecular weight excluding hydrogens is 744 g/mol. The van der Waals surface area contributed by atoms with Crippen molar-refractivity contribution in [1.29, 1.82) is 0 Å². The number of ether oxygens (including phenoxy) is 2. The number of hydrogen-bond donors (Lipinski definition) is 4. The highest BCUT2D eigenvalue weighted by Crippen LogP contribution is 2.64. The third kappa shape index (κ3) is 7.16. The molecule has 3 aliphatic heterocycles. The number of nitrogens with one attached hydrogen (secondary N) is 3. The van der Waals surface area contributed by atoms with Gasteiger partial charge in [-0.1, -0.05) is 76.9 Å². The van der Waals surface area contributed by atoms with Gasteiger partial charge in [0.2, 0.25) is 17.7 Å². The second-order valence-electron chi connectivity index (χ2n) is 16.1. The molecule has 304 valence electrons. The molecule has 3 heterocycles. The first kappa shape index (κ1) is 39.7. The van der Waals surface area contributed by atoms with Crippen LogP contribution in [-0.2, 0) is 14.4 Å². The predicted molar refractivity (Wildman–Crippen MR) is 192 cm³/mol. The lowest BCUT2D eigenvalue weighted by Crippen LogP contribution is -2.56. The standard InChI is InChI=1S/C40H47F6N5O5/c1-5-22(31-18(3)33(31)35(53)48-24-15-28(39(41,42)43)55-26-13-9-7-11-20(24)26)38(17-30(52)50-37(47)51-38)23(6-2)32-19(4)34(32)36(54)49-25-16-29(40(44,45)46)56-27-14-10-8-12-21(25)27/h7-14,18-19,22-25,28-29,31-34H,5-6,15-17H2,1-4H3,(H,48,53)(H,49,54)(H3,47,50,51,52)/t18?,19?,22?,23?,24-,25-,28+,29+,31?,32?,33?,34?,38?/m0/s1. The Labute approximate surface area is 320 Å². The van der Waals surface area contributed by atoms with Crippen LogP contribution in [0.15, 0.2) is 53.5 Å². The topological polar surface area (TPSA) is 144 Å². The molecule has 16 heteroatoms. The average molecular weight is 792 g/mol. The van der Waals surface area contributed by atoms with Crippen molar-refractivity contribution in [1.82, 2.24) is 16.0 Å². The maximum absolute atomic E-state index is 14.0. The number of alkyl halides is 6. The number of guanidine groups is 1. The van der Waals surface area contributed by atoms with Crippen LogP contribution in [0.1, 0.15) is 83.0 Å². The summed E-state index contributed by atoms with van der Waals surface area (Å²) in [5.41, 5.74) is 6.03. The SMILES string of the molecule is CCC(C1C(C)C1C(=O)N[C@H]1C[C@H](C(F)(F)F)Oc2ccccc21)C1(C(CC)C2C(C)C2C(=O)N[C@H]2C[C@H](C(F)(F)F)Oc3ccccc32)CC(=O)NC(N)=N1. The average Bonchev–Trinajstić information content (AvgIpc) is 4.00. The van der Waals surface area contributed by atoms with Gasteiger partial charge in [-0.3, -0.25) is 19.7 Å². The lowest BCUT2D eigenvalue weighted by molar-refractivity contribution is -0.202.